The van der Waals surface area contributed by atoms with Gasteiger partial charge in [-0.25, -0.2) is 0 Å². The zero-order valence-electron chi connectivity index (χ0n) is 10.9. The molecular formula is C9H20BN3O6. The highest BCUT2D eigenvalue weighted by Crippen LogP contribution is 1.98. The molecule has 0 fully saturated rings. The molecule has 0 saturated heterocycles. The van der Waals surface area contributed by atoms with Crippen molar-refractivity contribution >= 4 is 7.32 Å². The van der Waals surface area contributed by atoms with Gasteiger partial charge in [-0.05, 0) is 19.9 Å². The largest absolute Gasteiger partial charge is 0.729 e. The molecular weight excluding hydrogens is 257 g/mol. The van der Waals surface area contributed by atoms with Crippen LogP contribution in [0.15, 0.2) is 6.07 Å². The highest BCUT2D eigenvalue weighted by Gasteiger charge is 2.20. The fraction of sp³-hybridized carbons (Fsp3) is 0.667. The molecule has 0 aliphatic heterocycles. The van der Waals surface area contributed by atoms with Crippen molar-refractivity contribution in [3.8, 4) is 0 Å². The summed E-state index contributed by atoms with van der Waals surface area (Å²) in [6.45, 7) is 2.33. The van der Waals surface area contributed by atoms with Crippen LogP contribution in [-0.2, 0) is 0 Å². The van der Waals surface area contributed by atoms with Gasteiger partial charge in [0.15, 0.2) is 0 Å². The van der Waals surface area contributed by atoms with Crippen LogP contribution in [0.3, 0.4) is 0 Å². The summed E-state index contributed by atoms with van der Waals surface area (Å²) in [7, 11) is -1.83. The van der Waals surface area contributed by atoms with Crippen LogP contribution in [0.4, 0.5) is 0 Å². The Morgan fingerprint density at radius 3 is 1.95 bits per heavy atom. The molecule has 0 saturated carbocycles. The molecule has 10 heteroatoms. The first kappa shape index (κ1) is 17.8. The maximum Gasteiger partial charge on any atom is 0.729 e. The Kier molecular flexibility index (Phi) is 7.60. The normalized spacial score (nSPS) is 10.7. The predicted octanol–water partition coefficient (Wildman–Crippen LogP) is -3.44. The minimum absolute atomic E-state index is 0.403. The number of aliphatic hydroxyl groups excluding tert-OH is 3. The molecule has 1 heterocycles. The maximum atomic E-state index is 8.41. The SMILES string of the molecule is Cc1cc(C)n(OB(O)O)n1.NC(CO)(CO)CO. The van der Waals surface area contributed by atoms with Crippen molar-refractivity contribution in [2.75, 3.05) is 19.8 Å². The van der Waals surface area contributed by atoms with E-state index in [2.05, 4.69) is 9.85 Å². The highest BCUT2D eigenvalue weighted by molar-refractivity contribution is 6.32. The van der Waals surface area contributed by atoms with Crippen molar-refractivity contribution in [1.29, 1.82) is 0 Å². The Labute approximate surface area is 111 Å². The van der Waals surface area contributed by atoms with Crippen LogP contribution in [-0.4, -0.2) is 68.0 Å². The van der Waals surface area contributed by atoms with Crippen LogP contribution >= 0.6 is 0 Å². The van der Waals surface area contributed by atoms with E-state index in [1.54, 1.807) is 19.9 Å². The fourth-order valence-corrected chi connectivity index (χ4v) is 0.955. The average Bonchev–Trinajstić information content (AvgIpc) is 2.67. The molecule has 0 bridgehead atoms. The summed E-state index contributed by atoms with van der Waals surface area (Å²) in [6, 6.07) is 1.77. The van der Waals surface area contributed by atoms with Crippen LogP contribution in [0, 0.1) is 13.8 Å². The molecule has 0 atom stereocenters. The molecule has 0 aliphatic rings. The second-order valence-corrected chi connectivity index (χ2v) is 4.07. The molecule has 9 nitrogen and oxygen atoms in total. The number of rotatable bonds is 5. The Bertz CT molecular complexity index is 361. The van der Waals surface area contributed by atoms with Crippen LogP contribution in [0.25, 0.3) is 0 Å². The second kappa shape index (κ2) is 8.10. The monoisotopic (exact) mass is 277 g/mol. The number of nitrogens with two attached hydrogens (primary N) is 1. The maximum absolute atomic E-state index is 8.41. The van der Waals surface area contributed by atoms with Crippen molar-refractivity contribution in [1.82, 2.24) is 9.94 Å². The van der Waals surface area contributed by atoms with Crippen molar-refractivity contribution < 1.29 is 30.1 Å². The van der Waals surface area contributed by atoms with Crippen molar-refractivity contribution in [2.45, 2.75) is 19.4 Å². The molecule has 1 aromatic heterocycles. The van der Waals surface area contributed by atoms with Crippen molar-refractivity contribution in [2.24, 2.45) is 5.73 Å². The number of aliphatic hydroxyl groups is 3. The van der Waals surface area contributed by atoms with E-state index < -0.39 is 32.7 Å². The van der Waals surface area contributed by atoms with E-state index in [9.17, 15) is 0 Å². The summed E-state index contributed by atoms with van der Waals surface area (Å²) in [6.07, 6.45) is 0. The minimum atomic E-state index is -1.83. The molecule has 0 amide bonds. The molecule has 0 unspecified atom stereocenters. The topological polar surface area (TPSA) is 154 Å². The van der Waals surface area contributed by atoms with Gasteiger partial charge in [0.25, 0.3) is 0 Å². The molecule has 1 aromatic rings. The second-order valence-electron chi connectivity index (χ2n) is 4.07. The number of aryl methyl sites for hydroxylation is 2. The summed E-state index contributed by atoms with van der Waals surface area (Å²) < 4.78 is 4.48. The smallest absolute Gasteiger partial charge is 0.405 e. The summed E-state index contributed by atoms with van der Waals surface area (Å²) in [5.41, 5.74) is 5.42. The Hall–Kier alpha value is -1.17. The fourth-order valence-electron chi connectivity index (χ4n) is 0.955. The third-order valence-electron chi connectivity index (χ3n) is 2.11. The Morgan fingerprint density at radius 2 is 1.74 bits per heavy atom. The van der Waals surface area contributed by atoms with Gasteiger partial charge in [-0.1, -0.05) is 0 Å². The van der Waals surface area contributed by atoms with Gasteiger partial charge < -0.3 is 35.9 Å². The molecule has 1 rings (SSSR count). The summed E-state index contributed by atoms with van der Waals surface area (Å²) in [4.78, 5) is 1.07. The van der Waals surface area contributed by atoms with Gasteiger partial charge in [0.1, 0.15) is 0 Å². The van der Waals surface area contributed by atoms with E-state index in [-0.39, 0.29) is 0 Å². The van der Waals surface area contributed by atoms with Gasteiger partial charge in [-0.3, -0.25) is 0 Å². The molecule has 0 aromatic carbocycles. The van der Waals surface area contributed by atoms with Gasteiger partial charge in [0.2, 0.25) is 0 Å². The number of hydrogen-bond donors (Lipinski definition) is 6. The van der Waals surface area contributed by atoms with Gasteiger partial charge in [-0.15, -0.1) is 9.94 Å². The summed E-state index contributed by atoms with van der Waals surface area (Å²) in [5.74, 6) is 0. The molecule has 7 N–H and O–H groups in total. The number of nitrogens with zero attached hydrogens (tertiary/aromatic N) is 2. The zero-order valence-corrected chi connectivity index (χ0v) is 10.9. The van der Waals surface area contributed by atoms with Gasteiger partial charge in [-0.2, -0.15) is 0 Å². The average molecular weight is 277 g/mol. The summed E-state index contributed by atoms with van der Waals surface area (Å²) >= 11 is 0. The molecule has 110 valence electrons. The summed E-state index contributed by atoms with van der Waals surface area (Å²) in [5, 5.41) is 45.7. The molecule has 0 spiro atoms. The number of aromatic nitrogens is 2. The quantitative estimate of drug-likeness (QED) is 0.304. The Balaban J connectivity index is 0.000000362. The first-order chi connectivity index (χ1) is 8.77. The van der Waals surface area contributed by atoms with E-state index in [1.807, 2.05) is 0 Å². The van der Waals surface area contributed by atoms with Crippen LogP contribution in [0.5, 0.6) is 0 Å². The van der Waals surface area contributed by atoms with E-state index in [4.69, 9.17) is 31.1 Å². The minimum Gasteiger partial charge on any atom is -0.405 e. The lowest BCUT2D eigenvalue weighted by Crippen LogP contribution is -2.50. The molecule has 0 aliphatic carbocycles. The zero-order chi connectivity index (χ0) is 15.1. The first-order valence-electron chi connectivity index (χ1n) is 5.46. The molecule has 19 heavy (non-hydrogen) atoms. The Morgan fingerprint density at radius 1 is 1.26 bits per heavy atom. The van der Waals surface area contributed by atoms with E-state index in [1.165, 1.54) is 0 Å². The lowest BCUT2D eigenvalue weighted by molar-refractivity contribution is 0.0697. The standard InChI is InChI=1S/C5H9BN2O3.C4H11NO3/c1-4-3-5(2)8(7-4)11-6(9)10;5-4(1-6,2-7)3-8/h3,9-10H,1-2H3;6-8H,1-3,5H2. The third-order valence-corrected chi connectivity index (χ3v) is 2.11. The highest BCUT2D eigenvalue weighted by atomic mass is 16.7. The van der Waals surface area contributed by atoms with E-state index in [0.717, 1.165) is 16.2 Å². The predicted molar refractivity (Wildman–Crippen MR) is 66.6 cm³/mol. The lowest BCUT2D eigenvalue weighted by Gasteiger charge is -2.20. The van der Waals surface area contributed by atoms with E-state index >= 15 is 0 Å². The van der Waals surface area contributed by atoms with E-state index in [0.29, 0.717) is 0 Å². The van der Waals surface area contributed by atoms with Gasteiger partial charge in [0.05, 0.1) is 36.7 Å². The van der Waals surface area contributed by atoms with Gasteiger partial charge >= 0.3 is 7.32 Å². The lowest BCUT2D eigenvalue weighted by atomic mass is 10.1. The number of hydrogen-bond acceptors (Lipinski definition) is 8. The molecule has 0 radical (unpaired) electrons. The third kappa shape index (κ3) is 6.52. The van der Waals surface area contributed by atoms with Crippen LogP contribution in [0.1, 0.15) is 11.4 Å². The van der Waals surface area contributed by atoms with Crippen molar-refractivity contribution in [3.05, 3.63) is 17.5 Å². The van der Waals surface area contributed by atoms with Crippen LogP contribution in [0.2, 0.25) is 0 Å². The first-order valence-corrected chi connectivity index (χ1v) is 5.46. The van der Waals surface area contributed by atoms with Gasteiger partial charge in [0, 0.05) is 0 Å². The van der Waals surface area contributed by atoms with Crippen LogP contribution < -0.4 is 10.5 Å². The van der Waals surface area contributed by atoms with Crippen molar-refractivity contribution in [3.63, 3.8) is 0 Å².